The number of amides is 1. The van der Waals surface area contributed by atoms with Crippen molar-refractivity contribution in [1.29, 1.82) is 0 Å². The number of hydrogen-bond donors (Lipinski definition) is 1. The fourth-order valence-corrected chi connectivity index (χ4v) is 6.42. The SMILES string of the molecule is O=C(CSc1nc2scc(-c3ccc4c(c3)CCCC4)c2c(=O)[nH]1)N1CCCCCC1. The number of fused-ring (bicyclic) bond motifs is 2. The quantitative estimate of drug-likeness (QED) is 0.445. The molecule has 5 nitrogen and oxygen atoms in total. The van der Waals surface area contributed by atoms with Crippen molar-refractivity contribution in [2.24, 2.45) is 0 Å². The van der Waals surface area contributed by atoms with Crippen LogP contribution in [0.25, 0.3) is 21.3 Å². The zero-order valence-corrected chi connectivity index (χ0v) is 19.2. The first-order valence-corrected chi connectivity index (χ1v) is 13.1. The lowest BCUT2D eigenvalue weighted by Crippen LogP contribution is -2.33. The number of hydrogen-bond acceptors (Lipinski definition) is 5. The van der Waals surface area contributed by atoms with Gasteiger partial charge in [-0.3, -0.25) is 9.59 Å². The highest BCUT2D eigenvalue weighted by Gasteiger charge is 2.18. The van der Waals surface area contributed by atoms with Crippen molar-refractivity contribution in [3.8, 4) is 11.1 Å². The minimum absolute atomic E-state index is 0.122. The summed E-state index contributed by atoms with van der Waals surface area (Å²) in [7, 11) is 0. The number of aromatic amines is 1. The highest BCUT2D eigenvalue weighted by molar-refractivity contribution is 7.99. The van der Waals surface area contributed by atoms with Crippen molar-refractivity contribution in [2.75, 3.05) is 18.8 Å². The van der Waals surface area contributed by atoms with Crippen molar-refractivity contribution in [3.63, 3.8) is 0 Å². The molecule has 1 saturated heterocycles. The first-order valence-electron chi connectivity index (χ1n) is 11.2. The zero-order valence-electron chi connectivity index (χ0n) is 17.6. The summed E-state index contributed by atoms with van der Waals surface area (Å²) in [5, 5.41) is 3.22. The van der Waals surface area contributed by atoms with Gasteiger partial charge in [0.1, 0.15) is 4.83 Å². The second-order valence-electron chi connectivity index (χ2n) is 8.47. The summed E-state index contributed by atoms with van der Waals surface area (Å²) in [6, 6.07) is 6.60. The third kappa shape index (κ3) is 4.44. The molecule has 0 saturated carbocycles. The molecular formula is C24H27N3O2S2. The number of H-pyrrole nitrogens is 1. The van der Waals surface area contributed by atoms with Crippen LogP contribution in [0.15, 0.2) is 33.5 Å². The van der Waals surface area contributed by atoms with Gasteiger partial charge in [-0.1, -0.05) is 42.8 Å². The van der Waals surface area contributed by atoms with Crippen LogP contribution in [0.4, 0.5) is 0 Å². The molecule has 1 amide bonds. The first kappa shape index (κ1) is 20.8. The van der Waals surface area contributed by atoms with Crippen LogP contribution >= 0.6 is 23.1 Å². The van der Waals surface area contributed by atoms with Crippen LogP contribution in [0.1, 0.15) is 49.7 Å². The fourth-order valence-electron chi connectivity index (χ4n) is 4.65. The summed E-state index contributed by atoms with van der Waals surface area (Å²) in [4.78, 5) is 35.8. The van der Waals surface area contributed by atoms with Crippen molar-refractivity contribution >= 4 is 39.2 Å². The maximum Gasteiger partial charge on any atom is 0.260 e. The van der Waals surface area contributed by atoms with E-state index in [1.54, 1.807) is 0 Å². The van der Waals surface area contributed by atoms with E-state index in [-0.39, 0.29) is 11.5 Å². The van der Waals surface area contributed by atoms with Crippen LogP contribution in [-0.4, -0.2) is 39.6 Å². The molecule has 0 radical (unpaired) electrons. The molecule has 0 bridgehead atoms. The molecule has 162 valence electrons. The van der Waals surface area contributed by atoms with Gasteiger partial charge in [-0.05, 0) is 55.2 Å². The topological polar surface area (TPSA) is 66.1 Å². The Morgan fingerprint density at radius 2 is 1.84 bits per heavy atom. The monoisotopic (exact) mass is 453 g/mol. The van der Waals surface area contributed by atoms with Crippen molar-refractivity contribution in [2.45, 2.75) is 56.5 Å². The van der Waals surface area contributed by atoms with Gasteiger partial charge in [0.25, 0.3) is 5.56 Å². The number of likely N-dealkylation sites (tertiary alicyclic amines) is 1. The first-order chi connectivity index (χ1) is 15.2. The molecule has 5 rings (SSSR count). The summed E-state index contributed by atoms with van der Waals surface area (Å²) in [6.45, 7) is 1.69. The van der Waals surface area contributed by atoms with Crippen LogP contribution in [0.5, 0.6) is 0 Å². The van der Waals surface area contributed by atoms with Gasteiger partial charge in [0, 0.05) is 24.0 Å². The summed E-state index contributed by atoms with van der Waals surface area (Å²) in [5.74, 6) is 0.452. The van der Waals surface area contributed by atoms with Gasteiger partial charge in [-0.2, -0.15) is 0 Å². The van der Waals surface area contributed by atoms with E-state index in [0.717, 1.165) is 54.7 Å². The third-order valence-corrected chi connectivity index (χ3v) is 8.10. The molecule has 0 spiro atoms. The normalized spacial score (nSPS) is 16.8. The van der Waals surface area contributed by atoms with Crippen LogP contribution in [0.3, 0.4) is 0 Å². The number of carbonyl (C=O) groups excluding carboxylic acids is 1. The molecule has 7 heteroatoms. The van der Waals surface area contributed by atoms with Gasteiger partial charge in [-0.25, -0.2) is 4.98 Å². The molecule has 1 fully saturated rings. The second kappa shape index (κ2) is 9.17. The average molecular weight is 454 g/mol. The number of carbonyl (C=O) groups is 1. The molecule has 3 heterocycles. The minimum Gasteiger partial charge on any atom is -0.342 e. The minimum atomic E-state index is -0.122. The second-order valence-corrected chi connectivity index (χ2v) is 10.3. The fraction of sp³-hybridized carbons (Fsp3) is 0.458. The lowest BCUT2D eigenvalue weighted by molar-refractivity contribution is -0.128. The van der Waals surface area contributed by atoms with E-state index in [1.807, 2.05) is 10.3 Å². The van der Waals surface area contributed by atoms with Crippen molar-refractivity contribution < 1.29 is 4.79 Å². The molecule has 1 N–H and O–H groups in total. The van der Waals surface area contributed by atoms with Crippen LogP contribution < -0.4 is 5.56 Å². The highest BCUT2D eigenvalue weighted by Crippen LogP contribution is 2.34. The third-order valence-electron chi connectivity index (χ3n) is 6.37. The number of nitrogens with zero attached hydrogens (tertiary/aromatic N) is 2. The predicted octanol–water partition coefficient (Wildman–Crippen LogP) is 5.03. The molecule has 0 unspecified atom stereocenters. The Balaban J connectivity index is 1.36. The number of thioether (sulfide) groups is 1. The number of rotatable bonds is 4. The number of nitrogens with one attached hydrogen (secondary N) is 1. The lowest BCUT2D eigenvalue weighted by atomic mass is 9.89. The van der Waals surface area contributed by atoms with Gasteiger partial charge in [0.05, 0.1) is 11.1 Å². The van der Waals surface area contributed by atoms with Crippen LogP contribution in [0, 0.1) is 0 Å². The summed E-state index contributed by atoms with van der Waals surface area (Å²) >= 11 is 2.83. The molecular weight excluding hydrogens is 426 g/mol. The summed E-state index contributed by atoms with van der Waals surface area (Å²) < 4.78 is 0. The number of aromatic nitrogens is 2. The Morgan fingerprint density at radius 3 is 2.65 bits per heavy atom. The molecule has 31 heavy (non-hydrogen) atoms. The molecule has 1 aromatic carbocycles. The van der Waals surface area contributed by atoms with E-state index in [4.69, 9.17) is 0 Å². The number of benzene rings is 1. The Bertz CT molecular complexity index is 1160. The Morgan fingerprint density at radius 1 is 1.06 bits per heavy atom. The van der Waals surface area contributed by atoms with E-state index in [0.29, 0.717) is 16.3 Å². The van der Waals surface area contributed by atoms with Crippen molar-refractivity contribution in [1.82, 2.24) is 14.9 Å². The number of aryl methyl sites for hydroxylation is 2. The van der Waals surface area contributed by atoms with Crippen LogP contribution in [0.2, 0.25) is 0 Å². The molecule has 2 aliphatic rings. The molecule has 1 aliphatic heterocycles. The van der Waals surface area contributed by atoms with Gasteiger partial charge in [0.2, 0.25) is 5.91 Å². The van der Waals surface area contributed by atoms with E-state index >= 15 is 0 Å². The van der Waals surface area contributed by atoms with Crippen LogP contribution in [-0.2, 0) is 17.6 Å². The highest BCUT2D eigenvalue weighted by atomic mass is 32.2. The maximum absolute atomic E-state index is 12.9. The molecule has 1 aliphatic carbocycles. The average Bonchev–Trinajstić information content (AvgIpc) is 3.03. The van der Waals surface area contributed by atoms with Gasteiger partial charge >= 0.3 is 0 Å². The van der Waals surface area contributed by atoms with E-state index in [1.165, 1.54) is 59.9 Å². The van der Waals surface area contributed by atoms with E-state index in [2.05, 4.69) is 28.2 Å². The number of thiophene rings is 1. The largest absolute Gasteiger partial charge is 0.342 e. The molecule has 0 atom stereocenters. The van der Waals surface area contributed by atoms with Crippen molar-refractivity contribution in [3.05, 3.63) is 45.1 Å². The molecule has 2 aromatic heterocycles. The van der Waals surface area contributed by atoms with Gasteiger partial charge < -0.3 is 9.88 Å². The van der Waals surface area contributed by atoms with Gasteiger partial charge in [-0.15, -0.1) is 11.3 Å². The standard InChI is InChI=1S/C24H27N3O2S2/c28-20(27-11-5-1-2-6-12-27)15-31-24-25-22(29)21-19(14-30-23(21)26-24)18-10-9-16-7-3-4-8-17(16)13-18/h9-10,13-14H,1-8,11-12,15H2,(H,25,26,29). The molecule has 3 aromatic rings. The summed E-state index contributed by atoms with van der Waals surface area (Å²) in [6.07, 6.45) is 9.33. The lowest BCUT2D eigenvalue weighted by Gasteiger charge is -2.19. The zero-order chi connectivity index (χ0) is 21.2. The van der Waals surface area contributed by atoms with Gasteiger partial charge in [0.15, 0.2) is 5.16 Å². The Kier molecular flexibility index (Phi) is 6.14. The maximum atomic E-state index is 12.9. The predicted molar refractivity (Wildman–Crippen MR) is 128 cm³/mol. The van der Waals surface area contributed by atoms with E-state index < -0.39 is 0 Å². The smallest absolute Gasteiger partial charge is 0.260 e. The Hall–Kier alpha value is -2.12. The Labute approximate surface area is 190 Å². The summed E-state index contributed by atoms with van der Waals surface area (Å²) in [5.41, 5.74) is 4.78. The van der Waals surface area contributed by atoms with E-state index in [9.17, 15) is 9.59 Å².